The minimum atomic E-state index is 0.727. The molecule has 0 saturated heterocycles. The maximum Gasteiger partial charge on any atom is 0.0710 e. The average Bonchev–Trinajstić information content (AvgIpc) is 2.39. The van der Waals surface area contributed by atoms with Crippen LogP contribution in [-0.4, -0.2) is 5.04 Å². The molecule has 0 aliphatic heterocycles. The van der Waals surface area contributed by atoms with E-state index in [2.05, 4.69) is 31.5 Å². The number of hydrogen-bond donors (Lipinski definition) is 1. The zero-order valence-electron chi connectivity index (χ0n) is 12.3. The summed E-state index contributed by atoms with van der Waals surface area (Å²) in [6.45, 7) is 4.69. The van der Waals surface area contributed by atoms with Crippen molar-refractivity contribution in [2.45, 2.75) is 46.0 Å². The van der Waals surface area contributed by atoms with Gasteiger partial charge in [0, 0.05) is 5.02 Å². The van der Waals surface area contributed by atoms with Gasteiger partial charge in [-0.1, -0.05) is 31.5 Å². The Kier molecular flexibility index (Phi) is 5.98. The van der Waals surface area contributed by atoms with Crippen molar-refractivity contribution in [3.63, 3.8) is 0 Å². The molecule has 0 aromatic heterocycles. The minimum absolute atomic E-state index is 0.727. The number of rotatable bonds is 4. The van der Waals surface area contributed by atoms with E-state index in [0.29, 0.717) is 0 Å². The van der Waals surface area contributed by atoms with Crippen molar-refractivity contribution >= 4 is 35.0 Å². The lowest BCUT2D eigenvalue weighted by Crippen LogP contribution is -2.19. The lowest BCUT2D eigenvalue weighted by molar-refractivity contribution is 0.228. The van der Waals surface area contributed by atoms with Gasteiger partial charge in [0.15, 0.2) is 0 Å². The lowest BCUT2D eigenvalue weighted by Gasteiger charge is -2.30. The Labute approximate surface area is 133 Å². The number of benzene rings is 1. The maximum atomic E-state index is 5.97. The Morgan fingerprint density at radius 2 is 2.00 bits per heavy atom. The van der Waals surface area contributed by atoms with Gasteiger partial charge in [0.25, 0.3) is 0 Å². The molecule has 0 spiro atoms. The highest BCUT2D eigenvalue weighted by Gasteiger charge is 2.23. The number of nitrogens with zero attached hydrogens (tertiary/aromatic N) is 1. The SMILES string of the molecule is CC(C)[C@H]1CC[C@@H](CC(S)=Nc2cccc(Cl)c2)CC1. The lowest BCUT2D eigenvalue weighted by atomic mass is 9.76. The van der Waals surface area contributed by atoms with Crippen LogP contribution >= 0.6 is 24.2 Å². The van der Waals surface area contributed by atoms with Crippen LogP contribution in [0.25, 0.3) is 0 Å². The first-order chi connectivity index (χ1) is 9.54. The summed E-state index contributed by atoms with van der Waals surface area (Å²) in [5.74, 6) is 2.49. The standard InChI is InChI=1S/C17H24ClNS/c1-12(2)14-8-6-13(7-9-14)10-17(20)19-16-5-3-4-15(18)11-16/h3-5,11-14H,6-10H2,1-2H3,(H,19,20)/t13-,14+. The van der Waals surface area contributed by atoms with Crippen molar-refractivity contribution in [3.05, 3.63) is 29.3 Å². The fourth-order valence-electron chi connectivity index (χ4n) is 3.06. The highest BCUT2D eigenvalue weighted by Crippen LogP contribution is 2.35. The third kappa shape index (κ3) is 4.82. The molecule has 0 bridgehead atoms. The Morgan fingerprint density at radius 3 is 2.60 bits per heavy atom. The van der Waals surface area contributed by atoms with Gasteiger partial charge in [0.2, 0.25) is 0 Å². The molecule has 1 fully saturated rings. The van der Waals surface area contributed by atoms with Crippen LogP contribution in [0.3, 0.4) is 0 Å². The van der Waals surface area contributed by atoms with Crippen molar-refractivity contribution in [1.82, 2.24) is 0 Å². The molecule has 20 heavy (non-hydrogen) atoms. The van der Waals surface area contributed by atoms with E-state index in [1.54, 1.807) is 0 Å². The van der Waals surface area contributed by atoms with Gasteiger partial charge < -0.3 is 0 Å². The molecule has 1 nitrogen and oxygen atoms in total. The van der Waals surface area contributed by atoms with Crippen molar-refractivity contribution in [1.29, 1.82) is 0 Å². The van der Waals surface area contributed by atoms with E-state index in [1.165, 1.54) is 25.7 Å². The first-order valence-electron chi connectivity index (χ1n) is 7.56. The van der Waals surface area contributed by atoms with Crippen molar-refractivity contribution in [2.24, 2.45) is 22.7 Å². The van der Waals surface area contributed by atoms with E-state index in [-0.39, 0.29) is 0 Å². The van der Waals surface area contributed by atoms with E-state index in [9.17, 15) is 0 Å². The highest BCUT2D eigenvalue weighted by molar-refractivity contribution is 7.97. The second kappa shape index (κ2) is 7.51. The normalized spacial score (nSPS) is 24.1. The minimum Gasteiger partial charge on any atom is -0.247 e. The van der Waals surface area contributed by atoms with Crippen LogP contribution in [-0.2, 0) is 0 Å². The summed E-state index contributed by atoms with van der Waals surface area (Å²) in [5, 5.41) is 1.66. The molecule has 0 amide bonds. The molecule has 0 unspecified atom stereocenters. The van der Waals surface area contributed by atoms with Crippen LogP contribution < -0.4 is 0 Å². The zero-order valence-corrected chi connectivity index (χ0v) is 14.0. The maximum absolute atomic E-state index is 5.97. The second-order valence-corrected chi connectivity index (χ2v) is 7.19. The smallest absolute Gasteiger partial charge is 0.0710 e. The molecule has 1 aromatic carbocycles. The largest absolute Gasteiger partial charge is 0.247 e. The van der Waals surface area contributed by atoms with Crippen LogP contribution in [0.4, 0.5) is 5.69 Å². The van der Waals surface area contributed by atoms with Gasteiger partial charge >= 0.3 is 0 Å². The predicted molar refractivity (Wildman–Crippen MR) is 92.4 cm³/mol. The van der Waals surface area contributed by atoms with Gasteiger partial charge in [-0.25, -0.2) is 4.99 Å². The molecule has 0 atom stereocenters. The monoisotopic (exact) mass is 309 g/mol. The Bertz CT molecular complexity index is 462. The summed E-state index contributed by atoms with van der Waals surface area (Å²) in [5.41, 5.74) is 0.901. The highest BCUT2D eigenvalue weighted by atomic mass is 35.5. The molecular weight excluding hydrogens is 286 g/mol. The summed E-state index contributed by atoms with van der Waals surface area (Å²) in [6.07, 6.45) is 6.36. The predicted octanol–water partition coefficient (Wildman–Crippen LogP) is 6.15. The molecule has 1 aliphatic carbocycles. The van der Waals surface area contributed by atoms with E-state index >= 15 is 0 Å². The van der Waals surface area contributed by atoms with Crippen molar-refractivity contribution < 1.29 is 0 Å². The van der Waals surface area contributed by atoms with Crippen LogP contribution in [0.5, 0.6) is 0 Å². The molecular formula is C17H24ClNS. The summed E-state index contributed by atoms with van der Waals surface area (Å²) in [6, 6.07) is 7.65. The van der Waals surface area contributed by atoms with E-state index < -0.39 is 0 Å². The van der Waals surface area contributed by atoms with Crippen molar-refractivity contribution in [2.75, 3.05) is 0 Å². The Hall–Kier alpha value is -0.470. The molecule has 1 aliphatic rings. The fraction of sp³-hybridized carbons (Fsp3) is 0.588. The molecule has 3 heteroatoms. The van der Waals surface area contributed by atoms with Gasteiger partial charge in [0.05, 0.1) is 10.7 Å². The Balaban J connectivity index is 1.88. The van der Waals surface area contributed by atoms with Gasteiger partial charge in [-0.3, -0.25) is 0 Å². The second-order valence-electron chi connectivity index (χ2n) is 6.24. The number of hydrogen-bond acceptors (Lipinski definition) is 1. The van der Waals surface area contributed by atoms with Gasteiger partial charge in [-0.05, 0) is 68.1 Å². The number of aliphatic imine (C=N–C) groups is 1. The molecule has 0 radical (unpaired) electrons. The average molecular weight is 310 g/mol. The summed E-state index contributed by atoms with van der Waals surface area (Å²) >= 11 is 10.5. The van der Waals surface area contributed by atoms with Crippen LogP contribution in [0.15, 0.2) is 29.3 Å². The number of thiol groups is 1. The van der Waals surface area contributed by atoms with Crippen LogP contribution in [0.1, 0.15) is 46.0 Å². The molecule has 0 N–H and O–H groups in total. The topological polar surface area (TPSA) is 12.4 Å². The van der Waals surface area contributed by atoms with Gasteiger partial charge in [-0.15, -0.1) is 12.6 Å². The quantitative estimate of drug-likeness (QED) is 0.389. The molecule has 110 valence electrons. The first kappa shape index (κ1) is 15.9. The summed E-state index contributed by atoms with van der Waals surface area (Å²) in [4.78, 5) is 4.56. The molecule has 0 heterocycles. The Morgan fingerprint density at radius 1 is 1.30 bits per heavy atom. The van der Waals surface area contributed by atoms with E-state index in [1.807, 2.05) is 24.3 Å². The summed E-state index contributed by atoms with van der Waals surface area (Å²) < 4.78 is 0. The zero-order chi connectivity index (χ0) is 14.5. The third-order valence-corrected chi connectivity index (χ3v) is 4.89. The molecule has 1 aromatic rings. The van der Waals surface area contributed by atoms with Crippen LogP contribution in [0.2, 0.25) is 5.02 Å². The third-order valence-electron chi connectivity index (χ3n) is 4.37. The van der Waals surface area contributed by atoms with Gasteiger partial charge in [-0.2, -0.15) is 0 Å². The van der Waals surface area contributed by atoms with E-state index in [4.69, 9.17) is 11.6 Å². The van der Waals surface area contributed by atoms with Gasteiger partial charge in [0.1, 0.15) is 0 Å². The molecule has 2 rings (SSSR count). The number of halogens is 1. The molecule has 1 saturated carbocycles. The summed E-state index contributed by atoms with van der Waals surface area (Å²) in [7, 11) is 0. The fourth-order valence-corrected chi connectivity index (χ4v) is 3.62. The van der Waals surface area contributed by atoms with Crippen LogP contribution in [0, 0.1) is 17.8 Å². The van der Waals surface area contributed by atoms with Crippen molar-refractivity contribution in [3.8, 4) is 0 Å². The van der Waals surface area contributed by atoms with E-state index in [0.717, 1.165) is 39.9 Å². The first-order valence-corrected chi connectivity index (χ1v) is 8.39.